The number of methoxy groups -OCH3 is 1. The Labute approximate surface area is 153 Å². The van der Waals surface area contributed by atoms with Gasteiger partial charge in [-0.2, -0.15) is 0 Å². The lowest BCUT2D eigenvalue weighted by Gasteiger charge is -2.35. The standard InChI is InChI=1S/C20H26N2O2S/c1-24-17-8-5-7-16(13-17)19(22-10-3-2-4-11-22)15-21-20(23)14-18-9-6-12-25-18/h5-9,12-13,19H,2-4,10-11,14-15H2,1H3,(H,21,23). The number of likely N-dealkylation sites (tertiary alicyclic amines) is 1. The van der Waals surface area contributed by atoms with Crippen LogP contribution in [0.5, 0.6) is 5.75 Å². The van der Waals surface area contributed by atoms with E-state index in [1.165, 1.54) is 24.8 Å². The summed E-state index contributed by atoms with van der Waals surface area (Å²) < 4.78 is 5.38. The number of nitrogens with zero attached hydrogens (tertiary/aromatic N) is 1. The molecule has 4 nitrogen and oxygen atoms in total. The van der Waals surface area contributed by atoms with Crippen LogP contribution in [0.4, 0.5) is 0 Å². The topological polar surface area (TPSA) is 41.6 Å². The molecular formula is C20H26N2O2S. The molecule has 25 heavy (non-hydrogen) atoms. The van der Waals surface area contributed by atoms with Crippen LogP contribution in [0, 0.1) is 0 Å². The second kappa shape index (κ2) is 9.02. The number of thiophene rings is 1. The van der Waals surface area contributed by atoms with Crippen molar-refractivity contribution in [3.8, 4) is 5.75 Å². The van der Waals surface area contributed by atoms with Gasteiger partial charge in [-0.25, -0.2) is 0 Å². The summed E-state index contributed by atoms with van der Waals surface area (Å²) in [6.45, 7) is 2.81. The van der Waals surface area contributed by atoms with Crippen LogP contribution in [0.3, 0.4) is 0 Å². The first-order valence-electron chi connectivity index (χ1n) is 8.93. The summed E-state index contributed by atoms with van der Waals surface area (Å²) in [7, 11) is 1.69. The van der Waals surface area contributed by atoms with Crippen LogP contribution in [0.2, 0.25) is 0 Å². The number of hydrogen-bond donors (Lipinski definition) is 1. The van der Waals surface area contributed by atoms with Crippen molar-refractivity contribution in [2.24, 2.45) is 0 Å². The fourth-order valence-corrected chi connectivity index (χ4v) is 4.08. The third-order valence-corrected chi connectivity index (χ3v) is 5.59. The van der Waals surface area contributed by atoms with Crippen LogP contribution in [-0.2, 0) is 11.2 Å². The average molecular weight is 359 g/mol. The molecule has 1 aromatic carbocycles. The molecule has 0 aliphatic carbocycles. The van der Waals surface area contributed by atoms with E-state index < -0.39 is 0 Å². The zero-order chi connectivity index (χ0) is 17.5. The molecule has 1 N–H and O–H groups in total. The van der Waals surface area contributed by atoms with E-state index in [2.05, 4.69) is 22.3 Å². The van der Waals surface area contributed by atoms with Crippen molar-refractivity contribution in [2.45, 2.75) is 31.7 Å². The van der Waals surface area contributed by atoms with Gasteiger partial charge in [0.2, 0.25) is 5.91 Å². The number of benzene rings is 1. The lowest BCUT2D eigenvalue weighted by Crippen LogP contribution is -2.41. The van der Waals surface area contributed by atoms with Gasteiger partial charge in [-0.1, -0.05) is 24.6 Å². The summed E-state index contributed by atoms with van der Waals surface area (Å²) >= 11 is 1.63. The van der Waals surface area contributed by atoms with Gasteiger partial charge in [0, 0.05) is 11.4 Å². The summed E-state index contributed by atoms with van der Waals surface area (Å²) in [4.78, 5) is 15.9. The summed E-state index contributed by atoms with van der Waals surface area (Å²) in [6, 6.07) is 12.4. The van der Waals surface area contributed by atoms with Gasteiger partial charge in [-0.15, -0.1) is 11.3 Å². The highest BCUT2D eigenvalue weighted by atomic mass is 32.1. The molecule has 1 aliphatic rings. The van der Waals surface area contributed by atoms with E-state index in [1.54, 1.807) is 18.4 Å². The predicted octanol–water partition coefficient (Wildman–Crippen LogP) is 3.64. The molecule has 0 bridgehead atoms. The molecule has 5 heteroatoms. The molecule has 1 aliphatic heterocycles. The predicted molar refractivity (Wildman–Crippen MR) is 102 cm³/mol. The van der Waals surface area contributed by atoms with Crippen molar-refractivity contribution in [3.05, 3.63) is 52.2 Å². The number of carbonyl (C=O) groups is 1. The van der Waals surface area contributed by atoms with Crippen LogP contribution in [0.15, 0.2) is 41.8 Å². The summed E-state index contributed by atoms with van der Waals surface area (Å²) in [5.74, 6) is 0.955. The van der Waals surface area contributed by atoms with E-state index in [0.717, 1.165) is 23.7 Å². The van der Waals surface area contributed by atoms with Gasteiger partial charge < -0.3 is 10.1 Å². The Kier molecular flexibility index (Phi) is 6.48. The average Bonchev–Trinajstić information content (AvgIpc) is 3.16. The molecule has 2 aromatic rings. The molecule has 1 amide bonds. The molecule has 1 aromatic heterocycles. The van der Waals surface area contributed by atoms with E-state index in [1.807, 2.05) is 29.6 Å². The molecule has 1 saturated heterocycles. The molecular weight excluding hydrogens is 332 g/mol. The van der Waals surface area contributed by atoms with Crippen molar-refractivity contribution >= 4 is 17.2 Å². The first-order valence-corrected chi connectivity index (χ1v) is 9.81. The zero-order valence-electron chi connectivity index (χ0n) is 14.7. The molecule has 1 fully saturated rings. The Hall–Kier alpha value is -1.85. The summed E-state index contributed by atoms with van der Waals surface area (Å²) in [6.07, 6.45) is 4.21. The van der Waals surface area contributed by atoms with Gasteiger partial charge in [0.1, 0.15) is 5.75 Å². The number of hydrogen-bond acceptors (Lipinski definition) is 4. The highest BCUT2D eigenvalue weighted by Gasteiger charge is 2.23. The Morgan fingerprint density at radius 2 is 2.08 bits per heavy atom. The molecule has 0 saturated carbocycles. The van der Waals surface area contributed by atoms with Crippen LogP contribution >= 0.6 is 11.3 Å². The van der Waals surface area contributed by atoms with Crippen molar-refractivity contribution in [2.75, 3.05) is 26.7 Å². The number of amides is 1. The van der Waals surface area contributed by atoms with E-state index >= 15 is 0 Å². The van der Waals surface area contributed by atoms with E-state index in [9.17, 15) is 4.79 Å². The summed E-state index contributed by atoms with van der Waals surface area (Å²) in [5, 5.41) is 5.15. The van der Waals surface area contributed by atoms with E-state index in [-0.39, 0.29) is 11.9 Å². The van der Waals surface area contributed by atoms with Crippen LogP contribution in [-0.4, -0.2) is 37.6 Å². The number of ether oxygens (including phenoxy) is 1. The molecule has 134 valence electrons. The molecule has 0 radical (unpaired) electrons. The number of piperidine rings is 1. The van der Waals surface area contributed by atoms with E-state index in [0.29, 0.717) is 13.0 Å². The third-order valence-electron chi connectivity index (χ3n) is 4.72. The first-order chi connectivity index (χ1) is 12.3. The maximum Gasteiger partial charge on any atom is 0.225 e. The maximum atomic E-state index is 12.3. The van der Waals surface area contributed by atoms with Gasteiger partial charge in [-0.05, 0) is 55.1 Å². The SMILES string of the molecule is COc1cccc(C(CNC(=O)Cc2cccs2)N2CCCCC2)c1. The first kappa shape index (κ1) is 18.0. The Morgan fingerprint density at radius 1 is 1.24 bits per heavy atom. The number of nitrogens with one attached hydrogen (secondary N) is 1. The summed E-state index contributed by atoms with van der Waals surface area (Å²) in [5.41, 5.74) is 1.21. The number of carbonyl (C=O) groups excluding carboxylic acids is 1. The maximum absolute atomic E-state index is 12.3. The Bertz CT molecular complexity index is 666. The van der Waals surface area contributed by atoms with Gasteiger partial charge in [0.15, 0.2) is 0 Å². The van der Waals surface area contributed by atoms with Crippen molar-refractivity contribution < 1.29 is 9.53 Å². The minimum absolute atomic E-state index is 0.0901. The van der Waals surface area contributed by atoms with Crippen LogP contribution in [0.1, 0.15) is 35.7 Å². The minimum atomic E-state index is 0.0901. The fourth-order valence-electron chi connectivity index (χ4n) is 3.38. The molecule has 0 spiro atoms. The quantitative estimate of drug-likeness (QED) is 0.821. The minimum Gasteiger partial charge on any atom is -0.497 e. The van der Waals surface area contributed by atoms with Crippen LogP contribution < -0.4 is 10.1 Å². The lowest BCUT2D eigenvalue weighted by atomic mass is 10.0. The molecule has 1 unspecified atom stereocenters. The highest BCUT2D eigenvalue weighted by molar-refractivity contribution is 7.10. The number of rotatable bonds is 7. The fraction of sp³-hybridized carbons (Fsp3) is 0.450. The Balaban J connectivity index is 1.68. The second-order valence-electron chi connectivity index (χ2n) is 6.45. The van der Waals surface area contributed by atoms with Gasteiger partial charge in [0.25, 0.3) is 0 Å². The molecule has 3 rings (SSSR count). The normalized spacial score (nSPS) is 16.4. The zero-order valence-corrected chi connectivity index (χ0v) is 15.6. The smallest absolute Gasteiger partial charge is 0.225 e. The van der Waals surface area contributed by atoms with Gasteiger partial charge in [0.05, 0.1) is 19.6 Å². The molecule has 2 heterocycles. The van der Waals surface area contributed by atoms with Crippen molar-refractivity contribution in [3.63, 3.8) is 0 Å². The highest BCUT2D eigenvalue weighted by Crippen LogP contribution is 2.26. The van der Waals surface area contributed by atoms with Crippen molar-refractivity contribution in [1.29, 1.82) is 0 Å². The second-order valence-corrected chi connectivity index (χ2v) is 7.48. The molecule has 1 atom stereocenters. The third kappa shape index (κ3) is 5.06. The lowest BCUT2D eigenvalue weighted by molar-refractivity contribution is -0.120. The van der Waals surface area contributed by atoms with Crippen LogP contribution in [0.25, 0.3) is 0 Å². The Morgan fingerprint density at radius 3 is 2.80 bits per heavy atom. The van der Waals surface area contributed by atoms with Gasteiger partial charge >= 0.3 is 0 Å². The largest absolute Gasteiger partial charge is 0.497 e. The van der Waals surface area contributed by atoms with E-state index in [4.69, 9.17) is 4.74 Å². The monoisotopic (exact) mass is 358 g/mol. The van der Waals surface area contributed by atoms with Crippen molar-refractivity contribution in [1.82, 2.24) is 10.2 Å². The van der Waals surface area contributed by atoms with Gasteiger partial charge in [-0.3, -0.25) is 9.69 Å².